The van der Waals surface area contributed by atoms with Crippen LogP contribution in [0.4, 0.5) is 0 Å². The van der Waals surface area contributed by atoms with E-state index in [1.54, 1.807) is 0 Å². The Morgan fingerprint density at radius 1 is 1.13 bits per heavy atom. The Balaban J connectivity index is 1.71. The van der Waals surface area contributed by atoms with Crippen molar-refractivity contribution >= 4 is 5.97 Å². The zero-order chi connectivity index (χ0) is 10.7. The van der Waals surface area contributed by atoms with Gasteiger partial charge in [-0.15, -0.1) is 0 Å². The van der Waals surface area contributed by atoms with E-state index in [0.29, 0.717) is 19.1 Å². The summed E-state index contributed by atoms with van der Waals surface area (Å²) in [5.74, 6) is -0.741. The van der Waals surface area contributed by atoms with Crippen LogP contribution in [0, 0.1) is 0 Å². The highest BCUT2D eigenvalue weighted by molar-refractivity contribution is 5.73. The number of carboxylic acids is 1. The number of aliphatic carboxylic acids is 1. The first-order chi connectivity index (χ1) is 7.25. The Hall–Kier alpha value is -0.610. The molecule has 2 N–H and O–H groups in total. The minimum atomic E-state index is -0.741. The largest absolute Gasteiger partial charge is 0.480 e. The van der Waals surface area contributed by atoms with Crippen LogP contribution in [-0.2, 0) is 9.53 Å². The zero-order valence-electron chi connectivity index (χ0n) is 8.95. The van der Waals surface area contributed by atoms with Crippen molar-refractivity contribution in [3.63, 3.8) is 0 Å². The molecule has 1 aliphatic carbocycles. The van der Waals surface area contributed by atoms with E-state index >= 15 is 0 Å². The van der Waals surface area contributed by atoms with Crippen molar-refractivity contribution in [2.45, 2.75) is 56.8 Å². The van der Waals surface area contributed by atoms with Gasteiger partial charge in [-0.25, -0.2) is 0 Å². The smallest absolute Gasteiger partial charge is 0.320 e. The van der Waals surface area contributed by atoms with E-state index in [9.17, 15) is 4.79 Å². The maximum atomic E-state index is 10.7. The lowest BCUT2D eigenvalue weighted by Crippen LogP contribution is -2.47. The van der Waals surface area contributed by atoms with E-state index in [4.69, 9.17) is 9.84 Å². The molecule has 2 rings (SSSR count). The number of ether oxygens (including phenoxy) is 1. The molecule has 0 spiro atoms. The number of nitrogens with one attached hydrogen (secondary N) is 1. The lowest BCUT2D eigenvalue weighted by Gasteiger charge is -2.29. The molecular weight excluding hydrogens is 194 g/mol. The van der Waals surface area contributed by atoms with E-state index in [0.717, 1.165) is 6.42 Å². The van der Waals surface area contributed by atoms with Crippen LogP contribution in [0.3, 0.4) is 0 Å². The van der Waals surface area contributed by atoms with Crippen LogP contribution in [0.1, 0.15) is 38.5 Å². The quantitative estimate of drug-likeness (QED) is 0.738. The average Bonchev–Trinajstić information content (AvgIpc) is 2.71. The van der Waals surface area contributed by atoms with Gasteiger partial charge in [-0.2, -0.15) is 0 Å². The van der Waals surface area contributed by atoms with Gasteiger partial charge in [-0.05, 0) is 25.7 Å². The molecule has 86 valence electrons. The minimum absolute atomic E-state index is 0.226. The molecule has 4 heteroatoms. The summed E-state index contributed by atoms with van der Waals surface area (Å²) >= 11 is 0. The Labute approximate surface area is 90.0 Å². The third-order valence-electron chi connectivity index (χ3n) is 3.35. The summed E-state index contributed by atoms with van der Waals surface area (Å²) in [5.41, 5.74) is 0. The van der Waals surface area contributed by atoms with E-state index in [1.165, 1.54) is 25.7 Å². The Morgan fingerprint density at radius 2 is 1.87 bits per heavy atom. The van der Waals surface area contributed by atoms with Crippen LogP contribution in [0.25, 0.3) is 0 Å². The SMILES string of the molecule is O=C(O)[C@@H]1CC[C@H](OC2CCCC2)CN1. The summed E-state index contributed by atoms with van der Waals surface area (Å²) in [6.45, 7) is 0.688. The van der Waals surface area contributed by atoms with Crippen LogP contribution < -0.4 is 5.32 Å². The molecule has 0 unspecified atom stereocenters. The van der Waals surface area contributed by atoms with Crippen LogP contribution in [-0.4, -0.2) is 35.9 Å². The maximum Gasteiger partial charge on any atom is 0.320 e. The Morgan fingerprint density at radius 3 is 2.40 bits per heavy atom. The number of hydrogen-bond acceptors (Lipinski definition) is 3. The predicted octanol–water partition coefficient (Wildman–Crippen LogP) is 1.15. The molecule has 0 aromatic heterocycles. The molecule has 1 saturated heterocycles. The van der Waals surface area contributed by atoms with E-state index in [-0.39, 0.29) is 12.1 Å². The molecule has 15 heavy (non-hydrogen) atoms. The molecule has 0 radical (unpaired) electrons. The molecule has 0 amide bonds. The first-order valence-electron chi connectivity index (χ1n) is 5.87. The van der Waals surface area contributed by atoms with Crippen molar-refractivity contribution in [2.75, 3.05) is 6.54 Å². The molecule has 4 nitrogen and oxygen atoms in total. The van der Waals surface area contributed by atoms with Gasteiger partial charge in [-0.3, -0.25) is 4.79 Å². The number of piperidine rings is 1. The summed E-state index contributed by atoms with van der Waals surface area (Å²) in [6.07, 6.45) is 7.14. The third kappa shape index (κ3) is 2.92. The monoisotopic (exact) mass is 213 g/mol. The zero-order valence-corrected chi connectivity index (χ0v) is 8.95. The van der Waals surface area contributed by atoms with Crippen LogP contribution >= 0.6 is 0 Å². The molecule has 1 aliphatic heterocycles. The standard InChI is InChI=1S/C11H19NO3/c13-11(14)10-6-5-9(7-12-10)15-8-3-1-2-4-8/h8-10,12H,1-7H2,(H,13,14)/t9-,10-/m0/s1. The second kappa shape index (κ2) is 4.94. The first-order valence-corrected chi connectivity index (χ1v) is 5.87. The van der Waals surface area contributed by atoms with Gasteiger partial charge in [0.05, 0.1) is 12.2 Å². The fourth-order valence-corrected chi connectivity index (χ4v) is 2.45. The molecule has 2 fully saturated rings. The summed E-state index contributed by atoms with van der Waals surface area (Å²) in [4.78, 5) is 10.7. The number of carboxylic acid groups (broad SMARTS) is 1. The van der Waals surface area contributed by atoms with Crippen molar-refractivity contribution in [2.24, 2.45) is 0 Å². The molecule has 2 atom stereocenters. The van der Waals surface area contributed by atoms with Gasteiger partial charge < -0.3 is 15.2 Å². The van der Waals surface area contributed by atoms with E-state index in [2.05, 4.69) is 5.32 Å². The average molecular weight is 213 g/mol. The topological polar surface area (TPSA) is 58.6 Å². The van der Waals surface area contributed by atoms with Crippen LogP contribution in [0.2, 0.25) is 0 Å². The Bertz CT molecular complexity index is 218. The fourth-order valence-electron chi connectivity index (χ4n) is 2.45. The van der Waals surface area contributed by atoms with Crippen molar-refractivity contribution in [1.29, 1.82) is 0 Å². The normalized spacial score (nSPS) is 33.1. The van der Waals surface area contributed by atoms with Gasteiger partial charge >= 0.3 is 5.97 Å². The number of carbonyl (C=O) groups is 1. The van der Waals surface area contributed by atoms with Crippen molar-refractivity contribution < 1.29 is 14.6 Å². The molecular formula is C11H19NO3. The van der Waals surface area contributed by atoms with Gasteiger partial charge in [0.15, 0.2) is 0 Å². The van der Waals surface area contributed by atoms with Crippen LogP contribution in [0.15, 0.2) is 0 Å². The molecule has 2 aliphatic rings. The van der Waals surface area contributed by atoms with E-state index in [1.807, 2.05) is 0 Å². The van der Waals surface area contributed by atoms with Crippen LogP contribution in [0.5, 0.6) is 0 Å². The van der Waals surface area contributed by atoms with Crippen molar-refractivity contribution in [3.8, 4) is 0 Å². The Kier molecular flexibility index (Phi) is 3.59. The second-order valence-corrected chi connectivity index (χ2v) is 4.54. The molecule has 1 saturated carbocycles. The number of hydrogen-bond donors (Lipinski definition) is 2. The fraction of sp³-hybridized carbons (Fsp3) is 0.909. The third-order valence-corrected chi connectivity index (χ3v) is 3.35. The summed E-state index contributed by atoms with van der Waals surface area (Å²) in [7, 11) is 0. The highest BCUT2D eigenvalue weighted by atomic mass is 16.5. The molecule has 0 aromatic rings. The summed E-state index contributed by atoms with van der Waals surface area (Å²) < 4.78 is 5.92. The maximum absolute atomic E-state index is 10.7. The molecule has 0 aromatic carbocycles. The lowest BCUT2D eigenvalue weighted by atomic mass is 10.0. The van der Waals surface area contributed by atoms with Gasteiger partial charge in [-0.1, -0.05) is 12.8 Å². The van der Waals surface area contributed by atoms with Crippen molar-refractivity contribution in [1.82, 2.24) is 5.32 Å². The van der Waals surface area contributed by atoms with Gasteiger partial charge in [0.1, 0.15) is 6.04 Å². The van der Waals surface area contributed by atoms with Gasteiger partial charge in [0.2, 0.25) is 0 Å². The van der Waals surface area contributed by atoms with Crippen molar-refractivity contribution in [3.05, 3.63) is 0 Å². The van der Waals surface area contributed by atoms with Gasteiger partial charge in [0, 0.05) is 6.54 Å². The lowest BCUT2D eigenvalue weighted by molar-refractivity contribution is -0.141. The van der Waals surface area contributed by atoms with Gasteiger partial charge in [0.25, 0.3) is 0 Å². The highest BCUT2D eigenvalue weighted by Crippen LogP contribution is 2.24. The predicted molar refractivity (Wildman–Crippen MR) is 55.8 cm³/mol. The summed E-state index contributed by atoms with van der Waals surface area (Å²) in [6, 6.07) is -0.367. The first kappa shape index (κ1) is 10.9. The second-order valence-electron chi connectivity index (χ2n) is 4.54. The van der Waals surface area contributed by atoms with E-state index < -0.39 is 5.97 Å². The number of rotatable bonds is 3. The summed E-state index contributed by atoms with van der Waals surface area (Å²) in [5, 5.41) is 11.8. The molecule has 0 bridgehead atoms. The molecule has 1 heterocycles. The minimum Gasteiger partial charge on any atom is -0.480 e. The highest BCUT2D eigenvalue weighted by Gasteiger charge is 2.28.